The lowest BCUT2D eigenvalue weighted by Crippen LogP contribution is -2.39. The number of nitrogen functional groups attached to an aromatic ring is 1. The maximum atomic E-state index is 8.81. The number of nitrogens with two attached hydrogens (primary N) is 1. The van der Waals surface area contributed by atoms with Gasteiger partial charge in [-0.1, -0.05) is 0 Å². The molecule has 0 atom stereocenters. The van der Waals surface area contributed by atoms with Crippen LogP contribution in [0.15, 0.2) is 18.2 Å². The molecule has 2 fully saturated rings. The predicted octanol–water partition coefficient (Wildman–Crippen LogP) is 2.15. The molecule has 0 radical (unpaired) electrons. The summed E-state index contributed by atoms with van der Waals surface area (Å²) in [6, 6.07) is 8.17. The van der Waals surface area contributed by atoms with Crippen LogP contribution in [-0.2, 0) is 0 Å². The van der Waals surface area contributed by atoms with E-state index in [0.717, 1.165) is 32.0 Å². The number of rotatable bonds is 3. The van der Waals surface area contributed by atoms with E-state index in [1.54, 1.807) is 18.2 Å². The fraction of sp³-hybridized carbons (Fsp3) is 0.533. The Labute approximate surface area is 113 Å². The van der Waals surface area contributed by atoms with Crippen molar-refractivity contribution < 1.29 is 4.74 Å². The summed E-state index contributed by atoms with van der Waals surface area (Å²) in [7, 11) is 0. The number of hydrogen-bond acceptors (Lipinski definition) is 4. The van der Waals surface area contributed by atoms with Crippen molar-refractivity contribution in [3.05, 3.63) is 23.8 Å². The van der Waals surface area contributed by atoms with Gasteiger partial charge in [-0.15, -0.1) is 0 Å². The van der Waals surface area contributed by atoms with Crippen LogP contribution in [0.5, 0.6) is 5.75 Å². The molecule has 2 N–H and O–H groups in total. The number of nitriles is 1. The zero-order valence-corrected chi connectivity index (χ0v) is 11.0. The van der Waals surface area contributed by atoms with Crippen LogP contribution in [0.3, 0.4) is 0 Å². The van der Waals surface area contributed by atoms with Crippen LogP contribution in [0.2, 0.25) is 0 Å². The Kier molecular flexibility index (Phi) is 3.31. The van der Waals surface area contributed by atoms with Crippen molar-refractivity contribution in [3.63, 3.8) is 0 Å². The average Bonchev–Trinajstić information content (AvgIpc) is 3.26. The van der Waals surface area contributed by atoms with Crippen LogP contribution < -0.4 is 10.5 Å². The summed E-state index contributed by atoms with van der Waals surface area (Å²) in [5, 5.41) is 8.81. The van der Waals surface area contributed by atoms with Crippen LogP contribution in [0.25, 0.3) is 0 Å². The van der Waals surface area contributed by atoms with Gasteiger partial charge in [-0.25, -0.2) is 0 Å². The molecule has 1 heterocycles. The number of anilines is 1. The van der Waals surface area contributed by atoms with E-state index in [4.69, 9.17) is 15.7 Å². The van der Waals surface area contributed by atoms with Gasteiger partial charge in [-0.05, 0) is 43.9 Å². The van der Waals surface area contributed by atoms with Crippen molar-refractivity contribution in [1.82, 2.24) is 4.90 Å². The van der Waals surface area contributed by atoms with Gasteiger partial charge < -0.3 is 15.4 Å². The molecular weight excluding hydrogens is 238 g/mol. The highest BCUT2D eigenvalue weighted by molar-refractivity contribution is 5.56. The van der Waals surface area contributed by atoms with E-state index >= 15 is 0 Å². The fourth-order valence-electron chi connectivity index (χ4n) is 2.70. The van der Waals surface area contributed by atoms with Crippen molar-refractivity contribution >= 4 is 5.69 Å². The van der Waals surface area contributed by atoms with Crippen LogP contribution >= 0.6 is 0 Å². The maximum absolute atomic E-state index is 8.81. The van der Waals surface area contributed by atoms with Crippen molar-refractivity contribution in [2.45, 2.75) is 37.8 Å². The van der Waals surface area contributed by atoms with E-state index in [0.29, 0.717) is 17.0 Å². The second-order valence-corrected chi connectivity index (χ2v) is 5.45. The summed E-state index contributed by atoms with van der Waals surface area (Å²) in [4.78, 5) is 2.57. The highest BCUT2D eigenvalue weighted by atomic mass is 16.5. The predicted molar refractivity (Wildman–Crippen MR) is 73.8 cm³/mol. The quantitative estimate of drug-likeness (QED) is 0.843. The minimum atomic E-state index is 0.255. The Morgan fingerprint density at radius 1 is 1.21 bits per heavy atom. The van der Waals surface area contributed by atoms with Gasteiger partial charge in [0.1, 0.15) is 11.9 Å². The Bertz CT molecular complexity index is 497. The lowest BCUT2D eigenvalue weighted by atomic mass is 10.1. The van der Waals surface area contributed by atoms with E-state index in [9.17, 15) is 0 Å². The molecule has 1 aromatic carbocycles. The third-order valence-electron chi connectivity index (χ3n) is 3.97. The van der Waals surface area contributed by atoms with Crippen LogP contribution in [-0.4, -0.2) is 30.1 Å². The molecule has 0 bridgehead atoms. The third kappa shape index (κ3) is 2.82. The normalized spacial score (nSPS) is 21.0. The molecule has 1 aliphatic carbocycles. The molecule has 1 aromatic rings. The highest BCUT2D eigenvalue weighted by Crippen LogP contribution is 2.31. The first kappa shape index (κ1) is 12.3. The van der Waals surface area contributed by atoms with Crippen molar-refractivity contribution in [1.29, 1.82) is 5.26 Å². The first-order chi connectivity index (χ1) is 9.26. The number of piperidine rings is 1. The van der Waals surface area contributed by atoms with E-state index in [-0.39, 0.29) is 6.10 Å². The lowest BCUT2D eigenvalue weighted by Gasteiger charge is -2.32. The smallest absolute Gasteiger partial charge is 0.142 e. The zero-order valence-electron chi connectivity index (χ0n) is 11.0. The summed E-state index contributed by atoms with van der Waals surface area (Å²) < 4.78 is 5.97. The molecule has 4 heteroatoms. The molecule has 1 saturated carbocycles. The van der Waals surface area contributed by atoms with E-state index in [1.165, 1.54) is 12.8 Å². The maximum Gasteiger partial charge on any atom is 0.142 e. The van der Waals surface area contributed by atoms with Crippen LogP contribution in [0.1, 0.15) is 31.2 Å². The van der Waals surface area contributed by atoms with Gasteiger partial charge in [-0.2, -0.15) is 5.26 Å². The SMILES string of the molecule is N#Cc1ccc(OC2CCN(C3CC3)CC2)c(N)c1. The van der Waals surface area contributed by atoms with Crippen molar-refractivity contribution in [2.24, 2.45) is 0 Å². The molecule has 1 aliphatic heterocycles. The largest absolute Gasteiger partial charge is 0.488 e. The monoisotopic (exact) mass is 257 g/mol. The van der Waals surface area contributed by atoms with Gasteiger partial charge in [0.2, 0.25) is 0 Å². The van der Waals surface area contributed by atoms with Crippen molar-refractivity contribution in [2.75, 3.05) is 18.8 Å². The number of likely N-dealkylation sites (tertiary alicyclic amines) is 1. The summed E-state index contributed by atoms with van der Waals surface area (Å²) in [6.07, 6.45) is 5.12. The van der Waals surface area contributed by atoms with Crippen LogP contribution in [0.4, 0.5) is 5.69 Å². The molecule has 3 rings (SSSR count). The fourth-order valence-corrected chi connectivity index (χ4v) is 2.70. The molecule has 0 aromatic heterocycles. The lowest BCUT2D eigenvalue weighted by molar-refractivity contribution is 0.0971. The molecule has 1 saturated heterocycles. The molecule has 4 nitrogen and oxygen atoms in total. The van der Waals surface area contributed by atoms with E-state index < -0.39 is 0 Å². The first-order valence-corrected chi connectivity index (χ1v) is 6.96. The van der Waals surface area contributed by atoms with Crippen molar-refractivity contribution in [3.8, 4) is 11.8 Å². The number of ether oxygens (including phenoxy) is 1. The van der Waals surface area contributed by atoms with Gasteiger partial charge in [0.05, 0.1) is 17.3 Å². The molecule has 100 valence electrons. The number of benzene rings is 1. The minimum Gasteiger partial charge on any atom is -0.488 e. The van der Waals surface area contributed by atoms with E-state index in [1.807, 2.05) is 0 Å². The number of nitrogens with zero attached hydrogens (tertiary/aromatic N) is 2. The summed E-state index contributed by atoms with van der Waals surface area (Å²) >= 11 is 0. The molecule has 0 amide bonds. The second-order valence-electron chi connectivity index (χ2n) is 5.45. The standard InChI is InChI=1S/C15H19N3O/c16-10-11-1-4-15(14(17)9-11)19-13-5-7-18(8-6-13)12-2-3-12/h1,4,9,12-13H,2-3,5-8,17H2. The molecule has 19 heavy (non-hydrogen) atoms. The van der Waals surface area contributed by atoms with Gasteiger partial charge in [0, 0.05) is 19.1 Å². The highest BCUT2D eigenvalue weighted by Gasteiger charge is 2.32. The summed E-state index contributed by atoms with van der Waals surface area (Å²) in [5.41, 5.74) is 7.05. The molecule has 0 spiro atoms. The number of hydrogen-bond donors (Lipinski definition) is 1. The van der Waals surface area contributed by atoms with Gasteiger partial charge in [0.25, 0.3) is 0 Å². The second kappa shape index (κ2) is 5.10. The molecule has 2 aliphatic rings. The summed E-state index contributed by atoms with van der Waals surface area (Å²) in [6.45, 7) is 2.26. The first-order valence-electron chi connectivity index (χ1n) is 6.96. The van der Waals surface area contributed by atoms with Gasteiger partial charge in [0.15, 0.2) is 0 Å². The Morgan fingerprint density at radius 2 is 1.95 bits per heavy atom. The zero-order chi connectivity index (χ0) is 13.2. The van der Waals surface area contributed by atoms with E-state index in [2.05, 4.69) is 11.0 Å². The topological polar surface area (TPSA) is 62.3 Å². The summed E-state index contributed by atoms with van der Waals surface area (Å²) in [5.74, 6) is 0.712. The van der Waals surface area contributed by atoms with Crippen LogP contribution in [0, 0.1) is 11.3 Å². The molecule has 0 unspecified atom stereocenters. The minimum absolute atomic E-state index is 0.255. The van der Waals surface area contributed by atoms with Gasteiger partial charge >= 0.3 is 0 Å². The molecular formula is C15H19N3O. The Morgan fingerprint density at radius 3 is 2.53 bits per heavy atom. The Balaban J connectivity index is 1.58. The Hall–Kier alpha value is -1.73. The average molecular weight is 257 g/mol. The third-order valence-corrected chi connectivity index (χ3v) is 3.97. The van der Waals surface area contributed by atoms with Gasteiger partial charge in [-0.3, -0.25) is 0 Å².